The first-order valence-electron chi connectivity index (χ1n) is 13.0. The van der Waals surface area contributed by atoms with Gasteiger partial charge in [0, 0.05) is 24.0 Å². The first-order valence-corrected chi connectivity index (χ1v) is 13.0. The molecule has 4 heterocycles. The van der Waals surface area contributed by atoms with Crippen molar-refractivity contribution in [2.45, 2.75) is 44.4 Å². The fourth-order valence-electron chi connectivity index (χ4n) is 4.83. The second-order valence-electron chi connectivity index (χ2n) is 9.76. The molecule has 0 radical (unpaired) electrons. The summed E-state index contributed by atoms with van der Waals surface area (Å²) in [6, 6.07) is 6.86. The average molecular weight is 572 g/mol. The predicted octanol–water partition coefficient (Wildman–Crippen LogP) is 5.01. The van der Waals surface area contributed by atoms with Crippen LogP contribution in [0.15, 0.2) is 51.5 Å². The van der Waals surface area contributed by atoms with Gasteiger partial charge >= 0.3 is 6.18 Å². The molecule has 41 heavy (non-hydrogen) atoms. The number of ether oxygens (including phenoxy) is 1. The first kappa shape index (κ1) is 28.1. The van der Waals surface area contributed by atoms with E-state index in [1.807, 2.05) is 0 Å². The van der Waals surface area contributed by atoms with Crippen LogP contribution in [0.3, 0.4) is 0 Å². The van der Waals surface area contributed by atoms with Crippen molar-refractivity contribution in [3.05, 3.63) is 65.6 Å². The molecule has 3 N–H and O–H groups in total. The quantitative estimate of drug-likeness (QED) is 0.301. The molecule has 3 aromatic heterocycles. The van der Waals surface area contributed by atoms with Crippen molar-refractivity contribution in [3.8, 4) is 17.2 Å². The van der Waals surface area contributed by atoms with E-state index in [1.165, 1.54) is 25.5 Å². The molecule has 1 aliphatic rings. The van der Waals surface area contributed by atoms with Gasteiger partial charge in [0.1, 0.15) is 22.7 Å². The number of benzene rings is 1. The van der Waals surface area contributed by atoms with Crippen molar-refractivity contribution in [2.75, 3.05) is 20.2 Å². The highest BCUT2D eigenvalue weighted by Gasteiger charge is 2.34. The van der Waals surface area contributed by atoms with E-state index in [-0.39, 0.29) is 51.9 Å². The van der Waals surface area contributed by atoms with Crippen LogP contribution in [-0.4, -0.2) is 46.9 Å². The van der Waals surface area contributed by atoms with Crippen LogP contribution in [0.4, 0.5) is 13.2 Å². The van der Waals surface area contributed by atoms with Crippen molar-refractivity contribution in [1.29, 1.82) is 0 Å². The lowest BCUT2D eigenvalue weighted by atomic mass is 10.1. The Morgan fingerprint density at radius 2 is 1.90 bits per heavy atom. The Hall–Kier alpha value is -4.39. The molecule has 5 rings (SSSR count). The smallest absolute Gasteiger partial charge is 0.433 e. The predicted molar refractivity (Wildman–Crippen MR) is 141 cm³/mol. The molecule has 1 saturated heterocycles. The van der Waals surface area contributed by atoms with E-state index in [1.54, 1.807) is 30.0 Å². The molecule has 1 fully saturated rings. The number of hydrogen-bond acceptors (Lipinski definition) is 8. The maximum atomic E-state index is 13.5. The van der Waals surface area contributed by atoms with Gasteiger partial charge in [-0.15, -0.1) is 0 Å². The molecule has 2 amide bonds. The van der Waals surface area contributed by atoms with Gasteiger partial charge in [-0.3, -0.25) is 9.59 Å². The maximum absolute atomic E-state index is 13.5. The van der Waals surface area contributed by atoms with Gasteiger partial charge in [-0.25, -0.2) is 9.97 Å². The van der Waals surface area contributed by atoms with Crippen molar-refractivity contribution >= 4 is 22.7 Å². The number of likely N-dealkylation sites (tertiary alicyclic amines) is 1. The third-order valence-electron chi connectivity index (χ3n) is 6.87. The molecule has 216 valence electrons. The Bertz CT molecular complexity index is 1560. The number of methoxy groups -OCH3 is 1. The number of amides is 2. The highest BCUT2D eigenvalue weighted by molar-refractivity contribution is 5.98. The van der Waals surface area contributed by atoms with E-state index < -0.39 is 29.9 Å². The van der Waals surface area contributed by atoms with Gasteiger partial charge in [-0.1, -0.05) is 0 Å². The highest BCUT2D eigenvalue weighted by Crippen LogP contribution is 2.37. The number of furan rings is 1. The minimum atomic E-state index is -4.66. The second kappa shape index (κ2) is 11.2. The van der Waals surface area contributed by atoms with Gasteiger partial charge in [0.25, 0.3) is 5.91 Å². The summed E-state index contributed by atoms with van der Waals surface area (Å²) in [7, 11) is 1.32. The standard InChI is InChI=1S/C28H28F3N5O5/c1-15(32)25-24(26(38)33-18(19-6-5-13-40-19)14-22(37)36-11-3-4-12-36)35-27(41-25)17-7-9-20(39-2)23-16(17)8-10-21(34-23)28(29,30)31/h5-10,13,15,18H,3-4,11-12,14,32H2,1-2H3,(H,33,38)/t15-,18+/m0/s1. The number of halogens is 3. The van der Waals surface area contributed by atoms with Crippen LogP contribution >= 0.6 is 0 Å². The summed E-state index contributed by atoms with van der Waals surface area (Å²) >= 11 is 0. The monoisotopic (exact) mass is 571 g/mol. The molecule has 0 spiro atoms. The number of carbonyl (C=O) groups is 2. The van der Waals surface area contributed by atoms with Gasteiger partial charge in [0.2, 0.25) is 11.8 Å². The first-order chi connectivity index (χ1) is 19.6. The van der Waals surface area contributed by atoms with Gasteiger partial charge in [0.15, 0.2) is 11.5 Å². The molecule has 0 saturated carbocycles. The average Bonchev–Trinajstić information content (AvgIpc) is 3.73. The van der Waals surface area contributed by atoms with E-state index in [0.717, 1.165) is 18.9 Å². The topological polar surface area (TPSA) is 137 Å². The van der Waals surface area contributed by atoms with Crippen molar-refractivity contribution in [1.82, 2.24) is 20.2 Å². The number of nitrogens with one attached hydrogen (secondary N) is 1. The number of hydrogen-bond donors (Lipinski definition) is 2. The summed E-state index contributed by atoms with van der Waals surface area (Å²) < 4.78 is 56.7. The third-order valence-corrected chi connectivity index (χ3v) is 6.87. The number of nitrogens with two attached hydrogens (primary N) is 1. The second-order valence-corrected chi connectivity index (χ2v) is 9.76. The SMILES string of the molecule is COc1ccc(-c2nc(C(=O)N[C@H](CC(=O)N3CCCC3)c3ccco3)c([C@H](C)N)o2)c2ccc(C(F)(F)F)nc12. The minimum Gasteiger partial charge on any atom is -0.494 e. The molecular formula is C28H28F3N5O5. The Morgan fingerprint density at radius 3 is 2.54 bits per heavy atom. The fourth-order valence-corrected chi connectivity index (χ4v) is 4.83. The van der Waals surface area contributed by atoms with Crippen molar-refractivity contribution < 1.29 is 36.3 Å². The number of pyridine rings is 1. The van der Waals surface area contributed by atoms with Crippen LogP contribution in [0.1, 0.15) is 66.0 Å². The van der Waals surface area contributed by atoms with E-state index in [4.69, 9.17) is 19.3 Å². The van der Waals surface area contributed by atoms with Gasteiger partial charge in [0.05, 0.1) is 31.9 Å². The number of rotatable bonds is 8. The van der Waals surface area contributed by atoms with Crippen molar-refractivity contribution in [2.24, 2.45) is 5.73 Å². The number of carbonyl (C=O) groups excluding carboxylic acids is 2. The molecule has 13 heteroatoms. The van der Waals surface area contributed by atoms with E-state index in [9.17, 15) is 22.8 Å². The largest absolute Gasteiger partial charge is 0.494 e. The number of aromatic nitrogens is 2. The fraction of sp³-hybridized carbons (Fsp3) is 0.357. The number of oxazole rings is 1. The van der Waals surface area contributed by atoms with Gasteiger partial charge < -0.3 is 29.5 Å². The van der Waals surface area contributed by atoms with Gasteiger partial charge in [-0.2, -0.15) is 13.2 Å². The lowest BCUT2D eigenvalue weighted by Crippen LogP contribution is -2.35. The Kier molecular flexibility index (Phi) is 7.72. The molecule has 10 nitrogen and oxygen atoms in total. The Morgan fingerprint density at radius 1 is 1.15 bits per heavy atom. The number of nitrogens with zero attached hydrogens (tertiary/aromatic N) is 3. The molecule has 1 aromatic carbocycles. The third kappa shape index (κ3) is 5.75. The van der Waals surface area contributed by atoms with Gasteiger partial charge in [-0.05, 0) is 56.2 Å². The zero-order chi connectivity index (χ0) is 29.3. The Balaban J connectivity index is 1.50. The molecule has 0 unspecified atom stereocenters. The number of fused-ring (bicyclic) bond motifs is 1. The molecule has 1 aliphatic heterocycles. The lowest BCUT2D eigenvalue weighted by molar-refractivity contribution is -0.141. The normalized spacial score (nSPS) is 15.2. The van der Waals surface area contributed by atoms with Crippen LogP contribution in [0.25, 0.3) is 22.4 Å². The minimum absolute atomic E-state index is 0.0200. The number of alkyl halides is 3. The van der Waals surface area contributed by atoms with Crippen LogP contribution < -0.4 is 15.8 Å². The zero-order valence-corrected chi connectivity index (χ0v) is 22.3. The molecule has 0 bridgehead atoms. The summed E-state index contributed by atoms with van der Waals surface area (Å²) in [6.45, 7) is 2.92. The molecular weight excluding hydrogens is 543 g/mol. The molecule has 0 aliphatic carbocycles. The van der Waals surface area contributed by atoms with Crippen LogP contribution in [0.2, 0.25) is 0 Å². The zero-order valence-electron chi connectivity index (χ0n) is 22.3. The van der Waals surface area contributed by atoms with Crippen LogP contribution in [0.5, 0.6) is 5.75 Å². The van der Waals surface area contributed by atoms with E-state index >= 15 is 0 Å². The van der Waals surface area contributed by atoms with E-state index in [2.05, 4.69) is 15.3 Å². The Labute approximate surface area is 232 Å². The van der Waals surface area contributed by atoms with Crippen LogP contribution in [0, 0.1) is 0 Å². The van der Waals surface area contributed by atoms with Crippen LogP contribution in [-0.2, 0) is 11.0 Å². The summed E-state index contributed by atoms with van der Waals surface area (Å²) in [4.78, 5) is 36.3. The summed E-state index contributed by atoms with van der Waals surface area (Å²) in [5, 5.41) is 3.08. The maximum Gasteiger partial charge on any atom is 0.433 e. The summed E-state index contributed by atoms with van der Waals surface area (Å²) in [6.07, 6.45) is -1.38. The summed E-state index contributed by atoms with van der Waals surface area (Å²) in [5.74, 6) is -0.240. The lowest BCUT2D eigenvalue weighted by Gasteiger charge is -2.20. The van der Waals surface area contributed by atoms with Crippen molar-refractivity contribution in [3.63, 3.8) is 0 Å². The molecule has 4 aromatic rings. The molecule has 2 atom stereocenters. The highest BCUT2D eigenvalue weighted by atomic mass is 19.4. The summed E-state index contributed by atoms with van der Waals surface area (Å²) in [5.41, 5.74) is 5.14. The van der Waals surface area contributed by atoms with E-state index in [0.29, 0.717) is 18.8 Å².